The second-order valence-electron chi connectivity index (χ2n) is 7.52. The third-order valence-corrected chi connectivity index (χ3v) is 7.87. The molecule has 1 unspecified atom stereocenters. The Morgan fingerprint density at radius 1 is 1.21 bits per heavy atom. The van der Waals surface area contributed by atoms with Crippen molar-refractivity contribution in [3.8, 4) is 0 Å². The van der Waals surface area contributed by atoms with Crippen LogP contribution in [0.25, 0.3) is 0 Å². The number of rotatable bonds is 8. The molecule has 0 spiro atoms. The van der Waals surface area contributed by atoms with Crippen LogP contribution in [0.1, 0.15) is 54.1 Å². The lowest BCUT2D eigenvalue weighted by Crippen LogP contribution is -2.35. The highest BCUT2D eigenvalue weighted by Crippen LogP contribution is 2.37. The molecule has 28 heavy (non-hydrogen) atoms. The Morgan fingerprint density at radius 2 is 1.96 bits per heavy atom. The smallest absolute Gasteiger partial charge is 0.240 e. The van der Waals surface area contributed by atoms with Crippen LogP contribution in [0.2, 0.25) is 0 Å². The van der Waals surface area contributed by atoms with Crippen LogP contribution in [0.4, 0.5) is 0 Å². The molecule has 1 aromatic carbocycles. The third-order valence-electron chi connectivity index (χ3n) is 5.31. The molecule has 3 rings (SSSR count). The van der Waals surface area contributed by atoms with Gasteiger partial charge in [-0.15, -0.1) is 11.3 Å². The van der Waals surface area contributed by atoms with Gasteiger partial charge in [-0.3, -0.25) is 4.79 Å². The van der Waals surface area contributed by atoms with Crippen LogP contribution in [-0.4, -0.2) is 20.9 Å². The summed E-state index contributed by atoms with van der Waals surface area (Å²) >= 11 is 1.66. The van der Waals surface area contributed by atoms with Gasteiger partial charge in [-0.05, 0) is 61.2 Å². The van der Waals surface area contributed by atoms with Gasteiger partial charge in [0.1, 0.15) is 0 Å². The maximum atomic E-state index is 12.6. The van der Waals surface area contributed by atoms with Crippen molar-refractivity contribution < 1.29 is 13.2 Å². The van der Waals surface area contributed by atoms with Crippen LogP contribution < -0.4 is 10.0 Å². The Kier molecular flexibility index (Phi) is 6.91. The van der Waals surface area contributed by atoms with E-state index in [4.69, 9.17) is 0 Å². The normalized spacial score (nSPS) is 16.2. The molecule has 0 radical (unpaired) electrons. The van der Waals surface area contributed by atoms with Crippen molar-refractivity contribution >= 4 is 27.3 Å². The maximum Gasteiger partial charge on any atom is 0.240 e. The highest BCUT2D eigenvalue weighted by atomic mass is 32.2. The fourth-order valence-electron chi connectivity index (χ4n) is 3.80. The number of nitrogens with one attached hydrogen (secondary N) is 2. The van der Waals surface area contributed by atoms with Crippen molar-refractivity contribution in [1.29, 1.82) is 0 Å². The summed E-state index contributed by atoms with van der Waals surface area (Å²) < 4.78 is 27.7. The minimum atomic E-state index is -3.62. The topological polar surface area (TPSA) is 75.3 Å². The van der Waals surface area contributed by atoms with Crippen molar-refractivity contribution in [3.05, 3.63) is 51.7 Å². The van der Waals surface area contributed by atoms with Gasteiger partial charge < -0.3 is 5.32 Å². The quantitative estimate of drug-likeness (QED) is 0.676. The predicted molar refractivity (Wildman–Crippen MR) is 113 cm³/mol. The van der Waals surface area contributed by atoms with Gasteiger partial charge in [0.2, 0.25) is 15.9 Å². The van der Waals surface area contributed by atoms with E-state index in [1.807, 2.05) is 24.4 Å². The monoisotopic (exact) mass is 420 g/mol. The van der Waals surface area contributed by atoms with Crippen LogP contribution in [-0.2, 0) is 14.8 Å². The highest BCUT2D eigenvalue weighted by Gasteiger charge is 2.28. The molecule has 7 heteroatoms. The second kappa shape index (κ2) is 9.20. The number of carbonyl (C=O) groups is 1. The van der Waals surface area contributed by atoms with Gasteiger partial charge in [0, 0.05) is 17.8 Å². The molecular weight excluding hydrogens is 392 g/mol. The van der Waals surface area contributed by atoms with Crippen molar-refractivity contribution in [1.82, 2.24) is 10.0 Å². The van der Waals surface area contributed by atoms with E-state index in [1.165, 1.54) is 17.7 Å². The molecule has 1 saturated carbocycles. The van der Waals surface area contributed by atoms with Crippen LogP contribution in [0.5, 0.6) is 0 Å². The molecule has 1 aromatic heterocycles. The summed E-state index contributed by atoms with van der Waals surface area (Å²) in [5, 5.41) is 5.17. The molecule has 1 aliphatic carbocycles. The molecule has 5 nitrogen and oxygen atoms in total. The molecular formula is C21H28N2O3S2. The van der Waals surface area contributed by atoms with Crippen LogP contribution >= 0.6 is 11.3 Å². The lowest BCUT2D eigenvalue weighted by atomic mass is 9.96. The first-order valence-corrected chi connectivity index (χ1v) is 12.1. The van der Waals surface area contributed by atoms with E-state index in [9.17, 15) is 13.2 Å². The molecule has 1 aliphatic rings. The number of sulfonamides is 1. The number of aryl methyl sites for hydroxylation is 2. The van der Waals surface area contributed by atoms with Crippen LogP contribution in [0.15, 0.2) is 40.6 Å². The largest absolute Gasteiger partial charge is 0.348 e. The van der Waals surface area contributed by atoms with E-state index >= 15 is 0 Å². The molecule has 152 valence electrons. The lowest BCUT2D eigenvalue weighted by Gasteiger charge is -2.24. The van der Waals surface area contributed by atoms with Gasteiger partial charge in [0.15, 0.2) is 0 Å². The van der Waals surface area contributed by atoms with Crippen molar-refractivity contribution in [3.63, 3.8) is 0 Å². The predicted octanol–water partition coefficient (Wildman–Crippen LogP) is 4.08. The molecule has 0 saturated heterocycles. The summed E-state index contributed by atoms with van der Waals surface area (Å²) in [6.45, 7) is 3.72. The van der Waals surface area contributed by atoms with Crippen LogP contribution in [0.3, 0.4) is 0 Å². The highest BCUT2D eigenvalue weighted by molar-refractivity contribution is 7.89. The summed E-state index contributed by atoms with van der Waals surface area (Å²) in [5.41, 5.74) is 1.58. The Bertz CT molecular complexity index is 902. The summed E-state index contributed by atoms with van der Waals surface area (Å²) in [4.78, 5) is 14.0. The molecule has 0 bridgehead atoms. The van der Waals surface area contributed by atoms with E-state index in [-0.39, 0.29) is 29.8 Å². The average molecular weight is 421 g/mol. The summed E-state index contributed by atoms with van der Waals surface area (Å²) in [7, 11) is -3.62. The van der Waals surface area contributed by atoms with E-state index in [0.717, 1.165) is 18.4 Å². The molecule has 2 N–H and O–H groups in total. The zero-order valence-corrected chi connectivity index (χ0v) is 18.0. The first-order chi connectivity index (χ1) is 13.4. The lowest BCUT2D eigenvalue weighted by molar-refractivity contribution is -0.122. The van der Waals surface area contributed by atoms with Gasteiger partial charge >= 0.3 is 0 Å². The summed E-state index contributed by atoms with van der Waals surface area (Å²) in [6, 6.07) is 9.44. The molecule has 1 fully saturated rings. The fourth-order valence-corrected chi connectivity index (χ4v) is 6.03. The van der Waals surface area contributed by atoms with Crippen molar-refractivity contribution in [2.45, 2.75) is 56.9 Å². The standard InChI is InChI=1S/C21H28N2O3S2/c1-15-9-10-16(2)19(14-15)28(25,26)22-12-11-20(24)23-21(17-6-3-4-7-17)18-8-5-13-27-18/h5,8-10,13-14,17,21-22H,3-4,6-7,11-12H2,1-2H3,(H,23,24). The van der Waals surface area contributed by atoms with E-state index < -0.39 is 10.0 Å². The Hall–Kier alpha value is -1.70. The number of carbonyl (C=O) groups excluding carboxylic acids is 1. The van der Waals surface area contributed by atoms with E-state index in [1.54, 1.807) is 30.4 Å². The van der Waals surface area contributed by atoms with Gasteiger partial charge in [-0.25, -0.2) is 13.1 Å². The minimum Gasteiger partial charge on any atom is -0.348 e. The molecule has 1 heterocycles. The fraction of sp³-hybridized carbons (Fsp3) is 0.476. The van der Waals surface area contributed by atoms with Gasteiger partial charge in [0.05, 0.1) is 10.9 Å². The number of amides is 1. The van der Waals surface area contributed by atoms with Crippen LogP contribution in [0, 0.1) is 19.8 Å². The Morgan fingerprint density at radius 3 is 2.64 bits per heavy atom. The zero-order valence-electron chi connectivity index (χ0n) is 16.4. The molecule has 1 amide bonds. The maximum absolute atomic E-state index is 12.6. The third kappa shape index (κ3) is 5.21. The van der Waals surface area contributed by atoms with E-state index in [2.05, 4.69) is 16.1 Å². The van der Waals surface area contributed by atoms with Gasteiger partial charge in [0.25, 0.3) is 0 Å². The first-order valence-electron chi connectivity index (χ1n) is 9.76. The van der Waals surface area contributed by atoms with E-state index in [0.29, 0.717) is 11.5 Å². The summed E-state index contributed by atoms with van der Waals surface area (Å²) in [6.07, 6.45) is 4.79. The van der Waals surface area contributed by atoms with Gasteiger partial charge in [-0.2, -0.15) is 0 Å². The zero-order chi connectivity index (χ0) is 20.1. The Balaban J connectivity index is 1.58. The number of hydrogen-bond acceptors (Lipinski definition) is 4. The Labute approximate surface area is 171 Å². The number of benzene rings is 1. The SMILES string of the molecule is Cc1ccc(C)c(S(=O)(=O)NCCC(=O)NC(c2cccs2)C2CCCC2)c1. The second-order valence-corrected chi connectivity index (χ2v) is 10.2. The number of hydrogen-bond donors (Lipinski definition) is 2. The summed E-state index contributed by atoms with van der Waals surface area (Å²) in [5.74, 6) is 0.350. The van der Waals surface area contributed by atoms with Crippen molar-refractivity contribution in [2.75, 3.05) is 6.54 Å². The molecule has 2 aromatic rings. The van der Waals surface area contributed by atoms with Crippen molar-refractivity contribution in [2.24, 2.45) is 5.92 Å². The minimum absolute atomic E-state index is 0.0330. The average Bonchev–Trinajstić information content (AvgIpc) is 3.35. The number of thiophene rings is 1. The molecule has 0 aliphatic heterocycles. The first kappa shape index (κ1) is 21.0. The van der Waals surface area contributed by atoms with Gasteiger partial charge in [-0.1, -0.05) is 31.0 Å². The molecule has 1 atom stereocenters.